The number of nitrogens with one attached hydrogen (secondary N) is 1. The number of benzene rings is 2. The molecule has 5 atom stereocenters. The van der Waals surface area contributed by atoms with Gasteiger partial charge < -0.3 is 29.9 Å². The van der Waals surface area contributed by atoms with Crippen LogP contribution in [0.4, 0.5) is 0 Å². The Bertz CT molecular complexity index is 1050. The third kappa shape index (κ3) is 7.11. The van der Waals surface area contributed by atoms with Crippen molar-refractivity contribution in [2.45, 2.75) is 43.4 Å². The minimum Gasteiger partial charge on any atom is -0.494 e. The van der Waals surface area contributed by atoms with Gasteiger partial charge in [0.25, 0.3) is 10.2 Å². The van der Waals surface area contributed by atoms with Crippen LogP contribution in [0.25, 0.3) is 0 Å². The third-order valence-electron chi connectivity index (χ3n) is 5.50. The molecule has 2 unspecified atom stereocenters. The van der Waals surface area contributed by atoms with Crippen LogP contribution in [0.15, 0.2) is 42.5 Å². The maximum Gasteiger partial charge on any atom is 0.274 e. The number of aliphatic hydroxyl groups is 4. The summed E-state index contributed by atoms with van der Waals surface area (Å²) in [7, 11) is -3.70. The Kier molecular flexibility index (Phi) is 9.27. The fourth-order valence-electron chi connectivity index (χ4n) is 3.68. The molecule has 1 fully saturated rings. The Hall–Kier alpha value is -1.80. The van der Waals surface area contributed by atoms with Gasteiger partial charge in [0, 0.05) is 11.6 Å². The first-order valence-electron chi connectivity index (χ1n) is 10.7. The fourth-order valence-corrected chi connectivity index (χ4v) is 4.30. The highest BCUT2D eigenvalue weighted by Crippen LogP contribution is 2.34. The highest BCUT2D eigenvalue weighted by atomic mass is 35.5. The van der Waals surface area contributed by atoms with Gasteiger partial charge in [0.1, 0.15) is 36.3 Å². The average molecular weight is 517 g/mol. The Morgan fingerprint density at radius 2 is 1.76 bits per heavy atom. The van der Waals surface area contributed by atoms with Crippen molar-refractivity contribution in [2.75, 3.05) is 19.8 Å². The summed E-state index contributed by atoms with van der Waals surface area (Å²) in [6.45, 7) is -0.00597. The molecule has 0 amide bonds. The molecule has 0 spiro atoms. The molecule has 1 heterocycles. The topological polar surface area (TPSA) is 172 Å². The number of ether oxygens (including phenoxy) is 2. The van der Waals surface area contributed by atoms with Crippen LogP contribution in [-0.4, -0.2) is 73.0 Å². The van der Waals surface area contributed by atoms with E-state index in [9.17, 15) is 28.8 Å². The van der Waals surface area contributed by atoms with E-state index in [0.29, 0.717) is 35.8 Å². The lowest BCUT2D eigenvalue weighted by Gasteiger charge is -2.40. The van der Waals surface area contributed by atoms with Gasteiger partial charge in [0.05, 0.1) is 13.2 Å². The molecule has 12 heteroatoms. The van der Waals surface area contributed by atoms with Gasteiger partial charge in [-0.15, -0.1) is 0 Å². The summed E-state index contributed by atoms with van der Waals surface area (Å²) in [5.74, 6) is 0.625. The molecular formula is C22H29ClN2O8S. The second-order valence-corrected chi connectivity index (χ2v) is 9.85. The Balaban J connectivity index is 1.63. The van der Waals surface area contributed by atoms with Gasteiger partial charge in [-0.25, -0.2) is 9.86 Å². The summed E-state index contributed by atoms with van der Waals surface area (Å²) in [6, 6.07) is 12.4. The van der Waals surface area contributed by atoms with Crippen molar-refractivity contribution in [1.82, 2.24) is 4.72 Å². The van der Waals surface area contributed by atoms with E-state index >= 15 is 0 Å². The fraction of sp³-hybridized carbons (Fsp3) is 0.455. The Morgan fingerprint density at radius 3 is 2.41 bits per heavy atom. The number of hydrogen-bond donors (Lipinski definition) is 6. The summed E-state index contributed by atoms with van der Waals surface area (Å²) < 4.78 is 35.1. The molecule has 2 aromatic rings. The van der Waals surface area contributed by atoms with Crippen LogP contribution in [0.5, 0.6) is 5.75 Å². The molecule has 0 bridgehead atoms. The van der Waals surface area contributed by atoms with Gasteiger partial charge in [-0.05, 0) is 47.7 Å². The van der Waals surface area contributed by atoms with E-state index in [4.69, 9.17) is 26.2 Å². The van der Waals surface area contributed by atoms with Crippen LogP contribution in [0.3, 0.4) is 0 Å². The number of rotatable bonds is 10. The average Bonchev–Trinajstić information content (AvgIpc) is 2.79. The second kappa shape index (κ2) is 11.8. The highest BCUT2D eigenvalue weighted by molar-refractivity contribution is 7.87. The standard InChI is InChI=1S/C22H29ClN2O8S/c23-17-7-4-14(22-21(29)20(28)19(27)18(12-26)33-22)11-15(17)10-13-2-5-16(6-3-13)32-9-1-8-25-34(24,30)31/h2-7,11,18-22,25-29H,1,8-10,12H2,(H2,24,30,31)/t18?,19?,20-,21+,22-/m0/s1. The van der Waals surface area contributed by atoms with E-state index in [1.54, 1.807) is 30.3 Å². The summed E-state index contributed by atoms with van der Waals surface area (Å²) in [4.78, 5) is 0. The lowest BCUT2D eigenvalue weighted by Crippen LogP contribution is -2.55. The normalized spacial score (nSPS) is 25.3. The van der Waals surface area contributed by atoms with E-state index in [1.807, 2.05) is 12.1 Å². The molecule has 1 aliphatic rings. The van der Waals surface area contributed by atoms with Crippen LogP contribution in [0.1, 0.15) is 29.2 Å². The zero-order valence-corrected chi connectivity index (χ0v) is 19.8. The van der Waals surface area contributed by atoms with Crippen LogP contribution in [0, 0.1) is 0 Å². The van der Waals surface area contributed by atoms with E-state index in [1.165, 1.54) is 0 Å². The first-order chi connectivity index (χ1) is 16.1. The molecule has 1 saturated heterocycles. The molecule has 10 nitrogen and oxygen atoms in total. The van der Waals surface area contributed by atoms with E-state index in [-0.39, 0.29) is 6.54 Å². The molecule has 7 N–H and O–H groups in total. The van der Waals surface area contributed by atoms with Gasteiger partial charge in [-0.2, -0.15) is 8.42 Å². The van der Waals surface area contributed by atoms with Crippen molar-refractivity contribution in [3.8, 4) is 5.75 Å². The van der Waals surface area contributed by atoms with Crippen molar-refractivity contribution in [2.24, 2.45) is 5.14 Å². The van der Waals surface area contributed by atoms with Crippen molar-refractivity contribution < 1.29 is 38.3 Å². The molecule has 2 aromatic carbocycles. The molecule has 0 radical (unpaired) electrons. The lowest BCUT2D eigenvalue weighted by atomic mass is 9.90. The summed E-state index contributed by atoms with van der Waals surface area (Å²) >= 11 is 6.38. The minimum absolute atomic E-state index is 0.181. The number of halogens is 1. The van der Waals surface area contributed by atoms with Crippen molar-refractivity contribution in [1.29, 1.82) is 0 Å². The summed E-state index contributed by atoms with van der Waals surface area (Å²) in [5, 5.41) is 45.3. The molecule has 0 aliphatic carbocycles. The molecule has 1 aliphatic heterocycles. The Morgan fingerprint density at radius 1 is 1.06 bits per heavy atom. The maximum absolute atomic E-state index is 10.8. The number of hydrogen-bond acceptors (Lipinski definition) is 8. The quantitative estimate of drug-likeness (QED) is 0.240. The number of aliphatic hydroxyl groups excluding tert-OH is 4. The smallest absolute Gasteiger partial charge is 0.274 e. The van der Waals surface area contributed by atoms with Gasteiger partial charge in [0.2, 0.25) is 0 Å². The minimum atomic E-state index is -3.70. The Labute approximate surface area is 203 Å². The largest absolute Gasteiger partial charge is 0.494 e. The lowest BCUT2D eigenvalue weighted by molar-refractivity contribution is -0.231. The molecule has 0 saturated carbocycles. The molecule has 3 rings (SSSR count). The number of nitrogens with two attached hydrogens (primary N) is 1. The van der Waals surface area contributed by atoms with Crippen molar-refractivity contribution in [3.63, 3.8) is 0 Å². The molecule has 188 valence electrons. The van der Waals surface area contributed by atoms with Gasteiger partial charge in [-0.1, -0.05) is 35.9 Å². The predicted molar refractivity (Wildman–Crippen MR) is 125 cm³/mol. The zero-order valence-electron chi connectivity index (χ0n) is 18.2. The van der Waals surface area contributed by atoms with E-state index in [2.05, 4.69) is 4.72 Å². The zero-order chi connectivity index (χ0) is 24.9. The molecule has 34 heavy (non-hydrogen) atoms. The predicted octanol–water partition coefficient (Wildman–Crippen LogP) is 0.00770. The summed E-state index contributed by atoms with van der Waals surface area (Å²) in [5.41, 5.74) is 2.26. The van der Waals surface area contributed by atoms with Crippen LogP contribution in [-0.2, 0) is 21.4 Å². The van der Waals surface area contributed by atoms with Crippen LogP contribution in [0.2, 0.25) is 5.02 Å². The van der Waals surface area contributed by atoms with Gasteiger partial charge >= 0.3 is 0 Å². The highest BCUT2D eigenvalue weighted by Gasteiger charge is 2.44. The van der Waals surface area contributed by atoms with Crippen molar-refractivity contribution in [3.05, 3.63) is 64.2 Å². The van der Waals surface area contributed by atoms with Gasteiger partial charge in [-0.3, -0.25) is 0 Å². The first-order valence-corrected chi connectivity index (χ1v) is 12.6. The van der Waals surface area contributed by atoms with Gasteiger partial charge in [0.15, 0.2) is 0 Å². The summed E-state index contributed by atoms with van der Waals surface area (Å²) in [6.07, 6.45) is -5.26. The maximum atomic E-state index is 10.8. The van der Waals surface area contributed by atoms with Crippen LogP contribution >= 0.6 is 11.6 Å². The molecular weight excluding hydrogens is 488 g/mol. The first kappa shape index (κ1) is 26.8. The van der Waals surface area contributed by atoms with Crippen LogP contribution < -0.4 is 14.6 Å². The second-order valence-electron chi connectivity index (χ2n) is 8.06. The third-order valence-corrected chi connectivity index (χ3v) is 6.48. The van der Waals surface area contributed by atoms with E-state index < -0.39 is 47.3 Å². The molecule has 0 aromatic heterocycles. The van der Waals surface area contributed by atoms with Crippen molar-refractivity contribution >= 4 is 21.8 Å². The SMILES string of the molecule is NS(=O)(=O)NCCCOc1ccc(Cc2cc([C@@H]3OC(CO)C(O)[C@H](O)[C@H]3O)ccc2Cl)cc1. The monoisotopic (exact) mass is 516 g/mol. The van der Waals surface area contributed by atoms with E-state index in [0.717, 1.165) is 11.1 Å².